The molecule has 1 aliphatic carbocycles. The zero-order valence-corrected chi connectivity index (χ0v) is 16.1. The Balaban J connectivity index is 2.26. The Hall–Kier alpha value is -2.00. The lowest BCUT2D eigenvalue weighted by Crippen LogP contribution is -2.30. The van der Waals surface area contributed by atoms with Crippen molar-refractivity contribution in [3.63, 3.8) is 0 Å². The van der Waals surface area contributed by atoms with Gasteiger partial charge in [0.25, 0.3) is 0 Å². The summed E-state index contributed by atoms with van der Waals surface area (Å²) in [6.45, 7) is 9.40. The topological polar surface area (TPSA) is 0 Å². The van der Waals surface area contributed by atoms with E-state index >= 15 is 0 Å². The van der Waals surface area contributed by atoms with Crippen molar-refractivity contribution in [1.29, 1.82) is 0 Å². The summed E-state index contributed by atoms with van der Waals surface area (Å²) in [6.07, 6.45) is 10.6. The third-order valence-electron chi connectivity index (χ3n) is 6.22. The van der Waals surface area contributed by atoms with Gasteiger partial charge in [0.1, 0.15) is 0 Å². The quantitative estimate of drug-likeness (QED) is 0.510. The number of rotatable bonds is 6. The Morgan fingerprint density at radius 3 is 2.08 bits per heavy atom. The Kier molecular flexibility index (Phi) is 5.05. The summed E-state index contributed by atoms with van der Waals surface area (Å²) in [5, 5.41) is 0. The fourth-order valence-corrected chi connectivity index (χ4v) is 4.55. The molecule has 0 saturated heterocycles. The van der Waals surface area contributed by atoms with Gasteiger partial charge in [0, 0.05) is 11.0 Å². The highest BCUT2D eigenvalue weighted by atomic mass is 14.5. The van der Waals surface area contributed by atoms with Gasteiger partial charge in [-0.05, 0) is 59.1 Å². The SMILES string of the molecule is C#Cc1ccc2c(c1)C(CC(C)CC)(CC(C)CC)c1ccccc1-2. The highest BCUT2D eigenvalue weighted by molar-refractivity contribution is 5.81. The lowest BCUT2D eigenvalue weighted by molar-refractivity contribution is 0.308. The molecule has 0 fully saturated rings. The highest BCUT2D eigenvalue weighted by Gasteiger charge is 2.44. The Bertz CT molecular complexity index is 778. The minimum absolute atomic E-state index is 0.101. The van der Waals surface area contributed by atoms with Crippen LogP contribution in [0.25, 0.3) is 11.1 Å². The van der Waals surface area contributed by atoms with E-state index in [2.05, 4.69) is 76.1 Å². The number of benzene rings is 2. The molecular weight excluding hydrogens is 300 g/mol. The van der Waals surface area contributed by atoms with Crippen LogP contribution in [0, 0.1) is 24.2 Å². The van der Waals surface area contributed by atoms with Crippen molar-refractivity contribution in [2.45, 2.75) is 58.8 Å². The lowest BCUT2D eigenvalue weighted by Gasteiger charge is -2.37. The zero-order valence-electron chi connectivity index (χ0n) is 16.1. The van der Waals surface area contributed by atoms with Gasteiger partial charge in [-0.15, -0.1) is 6.42 Å². The van der Waals surface area contributed by atoms with Gasteiger partial charge in [0.15, 0.2) is 0 Å². The first-order chi connectivity index (χ1) is 12.1. The van der Waals surface area contributed by atoms with Crippen LogP contribution in [0.15, 0.2) is 42.5 Å². The van der Waals surface area contributed by atoms with Crippen molar-refractivity contribution in [3.8, 4) is 23.5 Å². The van der Waals surface area contributed by atoms with Crippen molar-refractivity contribution in [2.24, 2.45) is 11.8 Å². The molecule has 1 aliphatic rings. The molecule has 0 bridgehead atoms. The van der Waals surface area contributed by atoms with E-state index in [0.29, 0.717) is 11.8 Å². The predicted molar refractivity (Wildman–Crippen MR) is 109 cm³/mol. The minimum atomic E-state index is 0.101. The Morgan fingerprint density at radius 2 is 1.48 bits per heavy atom. The van der Waals surface area contributed by atoms with Gasteiger partial charge in [-0.2, -0.15) is 0 Å². The maximum atomic E-state index is 5.74. The van der Waals surface area contributed by atoms with Crippen LogP contribution in [0.3, 0.4) is 0 Å². The van der Waals surface area contributed by atoms with E-state index in [-0.39, 0.29) is 5.41 Å². The predicted octanol–water partition coefficient (Wildman–Crippen LogP) is 6.81. The second kappa shape index (κ2) is 7.09. The summed E-state index contributed by atoms with van der Waals surface area (Å²) in [5.41, 5.74) is 6.88. The van der Waals surface area contributed by atoms with Gasteiger partial charge in [0.05, 0.1) is 0 Å². The van der Waals surface area contributed by atoms with Crippen LogP contribution in [0.4, 0.5) is 0 Å². The fourth-order valence-electron chi connectivity index (χ4n) is 4.55. The summed E-state index contributed by atoms with van der Waals surface area (Å²) in [7, 11) is 0. The summed E-state index contributed by atoms with van der Waals surface area (Å²) in [4.78, 5) is 0. The molecule has 130 valence electrons. The van der Waals surface area contributed by atoms with Gasteiger partial charge in [0.2, 0.25) is 0 Å². The number of terminal acetylenes is 1. The van der Waals surface area contributed by atoms with Gasteiger partial charge in [-0.25, -0.2) is 0 Å². The van der Waals surface area contributed by atoms with Crippen LogP contribution in [0.2, 0.25) is 0 Å². The first-order valence-electron chi connectivity index (χ1n) is 9.76. The largest absolute Gasteiger partial charge is 0.115 e. The average Bonchev–Trinajstić information content (AvgIpc) is 2.91. The summed E-state index contributed by atoms with van der Waals surface area (Å²) in [5.74, 6) is 4.24. The van der Waals surface area contributed by atoms with Crippen LogP contribution < -0.4 is 0 Å². The monoisotopic (exact) mass is 330 g/mol. The van der Waals surface area contributed by atoms with Crippen LogP contribution in [0.5, 0.6) is 0 Å². The molecule has 3 rings (SSSR count). The van der Waals surface area contributed by atoms with Crippen molar-refractivity contribution in [2.75, 3.05) is 0 Å². The number of fused-ring (bicyclic) bond motifs is 3. The first kappa shape index (κ1) is 17.8. The van der Waals surface area contributed by atoms with E-state index in [1.165, 1.54) is 47.9 Å². The normalized spacial score (nSPS) is 20.4. The molecule has 0 heteroatoms. The number of hydrogen-bond acceptors (Lipinski definition) is 0. The number of hydrogen-bond donors (Lipinski definition) is 0. The van der Waals surface area contributed by atoms with Gasteiger partial charge >= 0.3 is 0 Å². The molecule has 0 aliphatic heterocycles. The lowest BCUT2D eigenvalue weighted by atomic mass is 9.66. The van der Waals surface area contributed by atoms with Crippen LogP contribution >= 0.6 is 0 Å². The molecule has 0 amide bonds. The molecule has 25 heavy (non-hydrogen) atoms. The minimum Gasteiger partial charge on any atom is -0.115 e. The Morgan fingerprint density at radius 1 is 0.880 bits per heavy atom. The molecule has 2 atom stereocenters. The molecule has 2 unspecified atom stereocenters. The van der Waals surface area contributed by atoms with Crippen molar-refractivity contribution in [1.82, 2.24) is 0 Å². The summed E-state index contributed by atoms with van der Waals surface area (Å²) < 4.78 is 0. The molecule has 0 aromatic heterocycles. The smallest absolute Gasteiger partial charge is 0.0246 e. The van der Waals surface area contributed by atoms with E-state index in [1.54, 1.807) is 0 Å². The van der Waals surface area contributed by atoms with Crippen LogP contribution in [-0.2, 0) is 5.41 Å². The third-order valence-corrected chi connectivity index (χ3v) is 6.22. The standard InChI is InChI=1S/C25H30/c1-6-18(4)16-25(17-19(5)7-2)23-12-10-9-11-21(23)22-14-13-20(8-3)15-24(22)25/h3,9-15,18-19H,6-7,16-17H2,1-2,4-5H3. The Labute approximate surface area is 153 Å². The second-order valence-electron chi connectivity index (χ2n) is 7.97. The van der Waals surface area contributed by atoms with E-state index in [4.69, 9.17) is 6.42 Å². The molecule has 0 nitrogen and oxygen atoms in total. The van der Waals surface area contributed by atoms with Crippen LogP contribution in [0.1, 0.15) is 70.1 Å². The maximum Gasteiger partial charge on any atom is 0.0246 e. The molecule has 0 spiro atoms. The maximum absolute atomic E-state index is 5.74. The second-order valence-corrected chi connectivity index (χ2v) is 7.97. The van der Waals surface area contributed by atoms with Crippen molar-refractivity contribution >= 4 is 0 Å². The third kappa shape index (κ3) is 3.02. The fraction of sp³-hybridized carbons (Fsp3) is 0.440. The van der Waals surface area contributed by atoms with Crippen molar-refractivity contribution in [3.05, 3.63) is 59.2 Å². The first-order valence-corrected chi connectivity index (χ1v) is 9.76. The highest BCUT2D eigenvalue weighted by Crippen LogP contribution is 2.55. The molecule has 0 N–H and O–H groups in total. The van der Waals surface area contributed by atoms with Gasteiger partial charge in [-0.1, -0.05) is 76.8 Å². The van der Waals surface area contributed by atoms with Crippen molar-refractivity contribution < 1.29 is 0 Å². The average molecular weight is 331 g/mol. The van der Waals surface area contributed by atoms with Gasteiger partial charge in [-0.3, -0.25) is 0 Å². The van der Waals surface area contributed by atoms with E-state index in [1.807, 2.05) is 0 Å². The summed E-state index contributed by atoms with van der Waals surface area (Å²) in [6, 6.07) is 15.7. The zero-order chi connectivity index (χ0) is 18.0. The molecule has 2 aromatic carbocycles. The molecule has 0 radical (unpaired) electrons. The summed E-state index contributed by atoms with van der Waals surface area (Å²) >= 11 is 0. The van der Waals surface area contributed by atoms with E-state index in [9.17, 15) is 0 Å². The van der Waals surface area contributed by atoms with Crippen LogP contribution in [-0.4, -0.2) is 0 Å². The molecule has 2 aromatic rings. The molecule has 0 saturated carbocycles. The van der Waals surface area contributed by atoms with E-state index in [0.717, 1.165) is 5.56 Å². The van der Waals surface area contributed by atoms with Gasteiger partial charge < -0.3 is 0 Å². The van der Waals surface area contributed by atoms with E-state index < -0.39 is 0 Å². The molecule has 0 heterocycles. The molecular formula is C25H30.